The van der Waals surface area contributed by atoms with Crippen LogP contribution in [-0.2, 0) is 5.41 Å². The van der Waals surface area contributed by atoms with Crippen molar-refractivity contribution in [1.82, 2.24) is 65.3 Å². The molecule has 0 spiro atoms. The fraction of sp³-hybridized carbons (Fsp3) is 0.544. The molecule has 2 aliphatic carbocycles. The molecule has 8 aromatic heterocycles. The molecule has 13 nitrogen and oxygen atoms in total. The maximum absolute atomic E-state index is 4.18. The number of hydrogen-bond acceptors (Lipinski definition) is 13. The number of rotatable bonds is 12. The maximum atomic E-state index is 4.18. The zero-order valence-electron chi connectivity index (χ0n) is 81.7. The highest BCUT2D eigenvalue weighted by Gasteiger charge is 2.46. The van der Waals surface area contributed by atoms with Crippen LogP contribution in [0.3, 0.4) is 0 Å². The van der Waals surface area contributed by atoms with Crippen molar-refractivity contribution in [2.45, 2.75) is 355 Å². The van der Waals surface area contributed by atoms with Crippen LogP contribution in [0.2, 0.25) is 0 Å². The Balaban J connectivity index is -0.000000182. The van der Waals surface area contributed by atoms with Crippen LogP contribution in [0.25, 0.3) is 0 Å². The van der Waals surface area contributed by atoms with Gasteiger partial charge in [-0.3, -0.25) is 24.9 Å². The van der Waals surface area contributed by atoms with Gasteiger partial charge in [0.05, 0.1) is 17.6 Å². The summed E-state index contributed by atoms with van der Waals surface area (Å²) in [6.45, 7) is 83.3. The summed E-state index contributed by atoms with van der Waals surface area (Å²) in [6.07, 6.45) is 30.6. The third kappa shape index (κ3) is 63.5. The highest BCUT2D eigenvalue weighted by atomic mass is 15.1. The van der Waals surface area contributed by atoms with Crippen molar-refractivity contribution in [3.63, 3.8) is 0 Å². The van der Waals surface area contributed by atoms with E-state index in [1.54, 1.807) is 73.9 Å². The molecule has 13 heteroatoms. The largest absolute Gasteiger partial charge is 0.265 e. The first kappa shape index (κ1) is 123. The molecule has 12 rings (SSSR count). The number of aromatic nitrogens is 13. The molecule has 2 unspecified atom stereocenters. The van der Waals surface area contributed by atoms with Gasteiger partial charge in [0, 0.05) is 97.9 Å². The molecular weight excluding hydrogens is 1420 g/mol. The number of hydrogen-bond donors (Lipinski definition) is 0. The van der Waals surface area contributed by atoms with Crippen LogP contribution in [0, 0.1) is 17.8 Å². The van der Waals surface area contributed by atoms with E-state index in [-0.39, 0.29) is 0 Å². The Hall–Kier alpha value is -8.71. The van der Waals surface area contributed by atoms with Gasteiger partial charge >= 0.3 is 0 Å². The van der Waals surface area contributed by atoms with Crippen LogP contribution in [0.4, 0.5) is 0 Å². The summed E-state index contributed by atoms with van der Waals surface area (Å²) in [5.74, 6) is 8.61. The van der Waals surface area contributed by atoms with Gasteiger partial charge < -0.3 is 0 Å². The van der Waals surface area contributed by atoms with Gasteiger partial charge in [-0.05, 0) is 178 Å². The summed E-state index contributed by atoms with van der Waals surface area (Å²) in [4.78, 5) is 36.2. The molecule has 10 aromatic rings. The van der Waals surface area contributed by atoms with Crippen molar-refractivity contribution in [3.05, 3.63) is 283 Å². The average molecular weight is 1600 g/mol. The summed E-state index contributed by atoms with van der Waals surface area (Å²) in [5, 5.41) is 15.1. The summed E-state index contributed by atoms with van der Waals surface area (Å²) < 4.78 is 0. The van der Waals surface area contributed by atoms with E-state index in [1.165, 1.54) is 41.5 Å². The van der Waals surface area contributed by atoms with Crippen LogP contribution < -0.4 is 0 Å². The number of benzene rings is 2. The maximum Gasteiger partial charge on any atom is 0.130 e. The predicted molar refractivity (Wildman–Crippen MR) is 513 cm³/mol. The monoisotopic (exact) mass is 1590 g/mol. The first-order valence-corrected chi connectivity index (χ1v) is 44.6. The highest BCUT2D eigenvalue weighted by molar-refractivity contribution is 5.32. The minimum atomic E-state index is 0.436. The molecule has 0 bridgehead atoms. The fourth-order valence-corrected chi connectivity index (χ4v) is 9.45. The van der Waals surface area contributed by atoms with Crippen molar-refractivity contribution < 1.29 is 0 Å². The van der Waals surface area contributed by atoms with Crippen LogP contribution in [0.1, 0.15) is 406 Å². The molecule has 116 heavy (non-hydrogen) atoms. The third-order valence-corrected chi connectivity index (χ3v) is 16.1. The molecule has 0 radical (unpaired) electrons. The van der Waals surface area contributed by atoms with Crippen LogP contribution in [0.15, 0.2) is 227 Å². The lowest BCUT2D eigenvalue weighted by molar-refractivity contribution is 0.481. The van der Waals surface area contributed by atoms with Gasteiger partial charge in [0.15, 0.2) is 0 Å². The Bertz CT molecular complexity index is 2880. The van der Waals surface area contributed by atoms with Crippen molar-refractivity contribution in [3.8, 4) is 0 Å². The first-order valence-electron chi connectivity index (χ1n) is 44.6. The minimum Gasteiger partial charge on any atom is -0.265 e. The molecule has 0 N–H and O–H groups in total. The Kier molecular flexibility index (Phi) is 92.4. The molecule has 2 atom stereocenters. The van der Waals surface area contributed by atoms with Crippen molar-refractivity contribution in [2.24, 2.45) is 17.8 Å². The Morgan fingerprint density at radius 1 is 0.276 bits per heavy atom. The lowest BCUT2D eigenvalue weighted by atomic mass is 9.85. The first-order chi connectivity index (χ1) is 56.0. The lowest BCUT2D eigenvalue weighted by Gasteiger charge is -2.19. The summed E-state index contributed by atoms with van der Waals surface area (Å²) >= 11 is 0. The smallest absolute Gasteiger partial charge is 0.130 e. The fourth-order valence-electron chi connectivity index (χ4n) is 9.45. The SMILES string of the molecule is CC.CC.CC.CC.CC.CC.CC.CC.CC.CC.CC(C)C1(c2ccccc2)CC1.CC(C)C1CC1c1ccccc1.CC(C)c1ccccn1.CC(C)c1cccnc1.CC(C)c1cccnn1.CC(C)c1ccncc1.CC(C)c1ccncn1.CC(C)c1ccnnc1.CC(C)c1cnccn1.CC(C)c1ncccn1. The van der Waals surface area contributed by atoms with E-state index in [0.717, 1.165) is 52.3 Å². The Morgan fingerprint density at radius 3 is 1.00 bits per heavy atom. The third-order valence-electron chi connectivity index (χ3n) is 16.1. The Labute approximate surface area is 716 Å². The zero-order valence-corrected chi connectivity index (χ0v) is 81.7. The normalized spacial score (nSPS) is 11.7. The van der Waals surface area contributed by atoms with Crippen LogP contribution in [-0.4, -0.2) is 65.3 Å². The van der Waals surface area contributed by atoms with Crippen LogP contribution in [0.5, 0.6) is 0 Å². The van der Waals surface area contributed by atoms with Gasteiger partial charge in [0.25, 0.3) is 0 Å². The van der Waals surface area contributed by atoms with Crippen molar-refractivity contribution in [2.75, 3.05) is 0 Å². The van der Waals surface area contributed by atoms with E-state index in [4.69, 9.17) is 0 Å². The van der Waals surface area contributed by atoms with Gasteiger partial charge in [-0.2, -0.15) is 20.4 Å². The summed E-state index contributed by atoms with van der Waals surface area (Å²) in [7, 11) is 0. The second-order valence-corrected chi connectivity index (χ2v) is 27.1. The van der Waals surface area contributed by atoms with Gasteiger partial charge in [-0.25, -0.2) is 19.9 Å². The molecule has 2 aromatic carbocycles. The second-order valence-electron chi connectivity index (χ2n) is 27.1. The van der Waals surface area contributed by atoms with Crippen molar-refractivity contribution >= 4 is 0 Å². The predicted octanol–water partition coefficient (Wildman–Crippen LogP) is 31.7. The molecular formula is C103H175N13. The van der Waals surface area contributed by atoms with E-state index in [2.05, 4.69) is 270 Å². The van der Waals surface area contributed by atoms with Gasteiger partial charge in [0.2, 0.25) is 0 Å². The molecule has 8 heterocycles. The van der Waals surface area contributed by atoms with Crippen LogP contribution >= 0.6 is 0 Å². The number of pyridine rings is 3. The standard InChI is InChI=1S/2C12H16.3C8H11N.5C7H10N2.10C2H6/c1-10(2)12(8-9-12)11-6-4-3-5-7-11;1-9(2)11-8-12(11)10-6-4-3-5-7-10;1-7(2)8-3-5-9-6-4-8;1-7(2)8-4-3-5-9-6-8;1-7(2)8-5-3-4-6-9-8;1-6(2)7-5-8-3-4-9-7;1-6(2)7-3-4-8-5-9-7;1-6(2)7-3-4-8-9-5-7;1-6(2)7-8-4-3-5-9-7;1-6(2)7-4-3-5-8-9-7;10*1-2/h3-7,10H,8-9H2,1-2H3;3-7,9,11-12H,8H2,1-2H3;3*3-7H,1-2H3;5*3-6H,1-2H3;10*1-2H3. The molecule has 0 aliphatic heterocycles. The average Bonchev–Trinajstić information content (AvgIpc) is 1.61. The molecule has 2 aliphatic rings. The van der Waals surface area contributed by atoms with Gasteiger partial charge in [-0.15, -0.1) is 0 Å². The molecule has 652 valence electrons. The topological polar surface area (TPSA) is 168 Å². The Morgan fingerprint density at radius 2 is 0.707 bits per heavy atom. The highest BCUT2D eigenvalue weighted by Crippen LogP contribution is 2.53. The minimum absolute atomic E-state index is 0.436. The van der Waals surface area contributed by atoms with E-state index in [0.29, 0.717) is 52.8 Å². The van der Waals surface area contributed by atoms with Gasteiger partial charge in [-0.1, -0.05) is 350 Å². The zero-order chi connectivity index (χ0) is 90.7. The molecule has 0 amide bonds. The van der Waals surface area contributed by atoms with E-state index < -0.39 is 0 Å². The van der Waals surface area contributed by atoms with E-state index in [9.17, 15) is 0 Å². The van der Waals surface area contributed by atoms with Crippen molar-refractivity contribution in [1.29, 1.82) is 0 Å². The van der Waals surface area contributed by atoms with E-state index in [1.807, 2.05) is 230 Å². The second kappa shape index (κ2) is 87.1. The molecule has 2 saturated carbocycles. The van der Waals surface area contributed by atoms with E-state index >= 15 is 0 Å². The van der Waals surface area contributed by atoms with Gasteiger partial charge in [0.1, 0.15) is 12.2 Å². The molecule has 2 fully saturated rings. The molecule has 0 saturated heterocycles. The quantitative estimate of drug-likeness (QED) is 0.113. The summed E-state index contributed by atoms with van der Waals surface area (Å²) in [6, 6.07) is 45.6. The lowest BCUT2D eigenvalue weighted by Crippen LogP contribution is -2.14. The summed E-state index contributed by atoms with van der Waals surface area (Å²) in [5.41, 5.74) is 11.9. The number of nitrogens with zero attached hydrogens (tertiary/aromatic N) is 13.